The van der Waals surface area contributed by atoms with E-state index in [4.69, 9.17) is 0 Å². The van der Waals surface area contributed by atoms with Crippen LogP contribution in [0.25, 0.3) is 21.5 Å². The van der Waals surface area contributed by atoms with E-state index in [2.05, 4.69) is 163 Å². The summed E-state index contributed by atoms with van der Waals surface area (Å²) >= 11 is 0. The Kier molecular flexibility index (Phi) is 17.6. The minimum Gasteiger partial charge on any atom is -0.481 e. The highest BCUT2D eigenvalue weighted by atomic mass is 16.4. The Morgan fingerprint density at radius 1 is 0.681 bits per heavy atom. The molecule has 2 atom stereocenters. The molecule has 1 aliphatic heterocycles. The van der Waals surface area contributed by atoms with Crippen LogP contribution >= 0.6 is 0 Å². The van der Waals surface area contributed by atoms with Crippen molar-refractivity contribution >= 4 is 44.9 Å². The zero-order valence-corrected chi connectivity index (χ0v) is 40.5. The van der Waals surface area contributed by atoms with E-state index in [-0.39, 0.29) is 25.9 Å². The van der Waals surface area contributed by atoms with Crippen LogP contribution in [0.15, 0.2) is 175 Å². The molecule has 0 saturated heterocycles. The van der Waals surface area contributed by atoms with Gasteiger partial charge in [-0.05, 0) is 88.2 Å². The molecule has 0 bridgehead atoms. The number of carboxylic acid groups (broad SMARTS) is 2. The Bertz CT molecular complexity index is 2870. The summed E-state index contributed by atoms with van der Waals surface area (Å²) < 4.78 is 2.21. The Balaban J connectivity index is 1.45. The number of hydrogen-bond acceptors (Lipinski definition) is 4. The summed E-state index contributed by atoms with van der Waals surface area (Å²) in [6.07, 6.45) is 19.3. The fourth-order valence-electron chi connectivity index (χ4n) is 10.8. The number of hydrogen-bond donors (Lipinski definition) is 3. The van der Waals surface area contributed by atoms with Crippen molar-refractivity contribution in [3.05, 3.63) is 197 Å². The van der Waals surface area contributed by atoms with Gasteiger partial charge in [0.1, 0.15) is 6.42 Å². The van der Waals surface area contributed by atoms with Gasteiger partial charge in [0, 0.05) is 35.4 Å². The van der Waals surface area contributed by atoms with Crippen molar-refractivity contribution in [2.24, 2.45) is 0 Å². The third kappa shape index (κ3) is 12.0. The lowest BCUT2D eigenvalue weighted by Crippen LogP contribution is -2.39. The minimum atomic E-state index is -0.886. The summed E-state index contributed by atoms with van der Waals surface area (Å²) in [5.41, 5.74) is 6.87. The number of fused-ring (bicyclic) bond motifs is 4. The number of unbranched alkanes of at least 4 members (excludes halogenated alkanes) is 6. The molecule has 0 spiro atoms. The Hall–Kier alpha value is -7.04. The lowest BCUT2D eigenvalue weighted by molar-refractivity contribution is -0.436. The van der Waals surface area contributed by atoms with Gasteiger partial charge in [-0.2, -0.15) is 9.84 Å². The summed E-state index contributed by atoms with van der Waals surface area (Å²) in [5.74, 6) is -1.75. The number of allylic oxidation sites excluding steroid dienone is 6. The average molecular weight is 919 g/mol. The predicted octanol–water partition coefficient (Wildman–Crippen LogP) is 14.1. The van der Waals surface area contributed by atoms with Gasteiger partial charge >= 0.3 is 11.9 Å². The van der Waals surface area contributed by atoms with Crippen molar-refractivity contribution in [2.45, 2.75) is 115 Å². The van der Waals surface area contributed by atoms with E-state index in [1.165, 1.54) is 11.1 Å². The first-order chi connectivity index (χ1) is 33.7. The van der Waals surface area contributed by atoms with Crippen LogP contribution in [0.1, 0.15) is 113 Å². The quantitative estimate of drug-likeness (QED) is 0.0216. The van der Waals surface area contributed by atoms with Gasteiger partial charge in [0.05, 0.1) is 23.5 Å². The lowest BCUT2D eigenvalue weighted by atomic mass is 9.68. The van der Waals surface area contributed by atoms with Crippen molar-refractivity contribution in [1.29, 1.82) is 5.26 Å². The van der Waals surface area contributed by atoms with Crippen molar-refractivity contribution in [2.75, 3.05) is 13.1 Å². The van der Waals surface area contributed by atoms with Gasteiger partial charge in [-0.3, -0.25) is 9.59 Å². The second kappa shape index (κ2) is 24.3. The summed E-state index contributed by atoms with van der Waals surface area (Å²) in [5, 5.41) is 39.4. The molecular formula is C62H68N3O4+. The predicted molar refractivity (Wildman–Crippen MR) is 282 cm³/mol. The van der Waals surface area contributed by atoms with Gasteiger partial charge in [-0.1, -0.05) is 193 Å². The number of nitrogens with zero attached hydrogens (tertiary/aromatic N) is 2. The normalized spacial score (nSPS) is 15.9. The van der Waals surface area contributed by atoms with Crippen LogP contribution in [0.4, 0.5) is 5.69 Å². The fraction of sp³-hybridized carbons (Fsp3) is 0.323. The molecular weight excluding hydrogens is 851 g/mol. The first-order valence-electron chi connectivity index (χ1n) is 25.1. The molecule has 0 saturated carbocycles. The monoisotopic (exact) mass is 919 g/mol. The first kappa shape index (κ1) is 49.9. The van der Waals surface area contributed by atoms with Crippen LogP contribution in [0.2, 0.25) is 0 Å². The van der Waals surface area contributed by atoms with Crippen LogP contribution in [0, 0.1) is 11.3 Å². The molecule has 69 heavy (non-hydrogen) atoms. The summed E-state index contributed by atoms with van der Waals surface area (Å²) in [7, 11) is 0. The van der Waals surface area contributed by atoms with Gasteiger partial charge < -0.3 is 15.5 Å². The minimum absolute atomic E-state index is 0.0498. The molecule has 0 aliphatic carbocycles. The molecule has 6 aromatic rings. The highest BCUT2D eigenvalue weighted by Crippen LogP contribution is 2.50. The van der Waals surface area contributed by atoms with Gasteiger partial charge in [0.25, 0.3) is 0 Å². The van der Waals surface area contributed by atoms with Gasteiger partial charge in [0.15, 0.2) is 12.3 Å². The molecule has 0 aromatic heterocycles. The molecule has 0 amide bonds. The van der Waals surface area contributed by atoms with E-state index in [1.54, 1.807) is 0 Å². The summed E-state index contributed by atoms with van der Waals surface area (Å²) in [6.45, 7) is 4.94. The molecule has 7 nitrogen and oxygen atoms in total. The second-order valence-electron chi connectivity index (χ2n) is 18.7. The molecule has 0 radical (unpaired) electrons. The van der Waals surface area contributed by atoms with Crippen LogP contribution in [0.3, 0.4) is 0 Å². The molecule has 1 heterocycles. The van der Waals surface area contributed by atoms with Gasteiger partial charge in [-0.15, -0.1) is 0 Å². The Morgan fingerprint density at radius 3 is 1.99 bits per heavy atom. The van der Waals surface area contributed by atoms with E-state index in [0.717, 1.165) is 114 Å². The van der Waals surface area contributed by atoms with Crippen molar-refractivity contribution in [1.82, 2.24) is 5.32 Å². The van der Waals surface area contributed by atoms with Crippen LogP contribution in [-0.2, 0) is 33.3 Å². The molecule has 7 heteroatoms. The average Bonchev–Trinajstić information content (AvgIpc) is 3.63. The van der Waals surface area contributed by atoms with Crippen molar-refractivity contribution in [3.63, 3.8) is 0 Å². The van der Waals surface area contributed by atoms with Gasteiger partial charge in [0.2, 0.25) is 5.69 Å². The number of nitriles is 1. The van der Waals surface area contributed by atoms with E-state index in [9.17, 15) is 25.1 Å². The molecule has 3 N–H and O–H groups in total. The maximum atomic E-state index is 12.4. The van der Waals surface area contributed by atoms with E-state index in [0.29, 0.717) is 18.4 Å². The Labute approximate surface area is 409 Å². The zero-order chi connectivity index (χ0) is 48.5. The van der Waals surface area contributed by atoms with Gasteiger partial charge in [-0.25, -0.2) is 0 Å². The SMILES string of the molecule is CCCCCCC1(Cc2ccccc2)C(/C=C/C(C#N)=C/C=C(/NCCC(=O)O)C(CCCCCC)(Cc2ccccc2)c2cccc3ccccc23)=[N+](CCC(=O)O)c2ccc3ccccc3c21. The van der Waals surface area contributed by atoms with Crippen LogP contribution < -0.4 is 5.32 Å². The van der Waals surface area contributed by atoms with E-state index < -0.39 is 22.8 Å². The second-order valence-corrected chi connectivity index (χ2v) is 18.7. The highest BCUT2D eigenvalue weighted by Gasteiger charge is 2.51. The fourth-order valence-corrected chi connectivity index (χ4v) is 10.8. The number of carbonyl (C=O) groups is 2. The largest absolute Gasteiger partial charge is 0.481 e. The van der Waals surface area contributed by atoms with E-state index >= 15 is 0 Å². The third-order valence-electron chi connectivity index (χ3n) is 14.1. The maximum Gasteiger partial charge on any atom is 0.309 e. The standard InChI is InChI=1S/C62H67N3O4/c1-3-5-7-19-40-61(44-47-22-11-9-12-23-47,54-31-21-28-50-26-15-17-29-52(50)54)56(64-42-38-58(66)67)36-32-49(46-63)33-37-57-62(41-20-8-6-4-2,45-48-24-13-10-14-25-48)60-53-30-18-16-27-51(53)34-35-55(60)65(57)43-39-59(68)69/h9-18,21-37H,3-8,19-20,38-45H2,1-2H3,(H2,66,67,68,69)/p+1. The molecule has 6 aromatic carbocycles. The third-order valence-corrected chi connectivity index (χ3v) is 14.1. The molecule has 354 valence electrons. The molecule has 0 fully saturated rings. The molecule has 2 unspecified atom stereocenters. The Morgan fingerprint density at radius 2 is 1.30 bits per heavy atom. The maximum absolute atomic E-state index is 12.4. The zero-order valence-electron chi connectivity index (χ0n) is 40.5. The van der Waals surface area contributed by atoms with Crippen LogP contribution in [0.5, 0.6) is 0 Å². The topological polar surface area (TPSA) is 113 Å². The van der Waals surface area contributed by atoms with Crippen molar-refractivity contribution in [3.8, 4) is 6.07 Å². The van der Waals surface area contributed by atoms with Crippen molar-refractivity contribution < 1.29 is 24.4 Å². The molecule has 1 aliphatic rings. The highest BCUT2D eigenvalue weighted by molar-refractivity contribution is 6.08. The summed E-state index contributed by atoms with van der Waals surface area (Å²) in [6, 6.07) is 51.4. The first-order valence-corrected chi connectivity index (χ1v) is 25.1. The summed E-state index contributed by atoms with van der Waals surface area (Å²) in [4.78, 5) is 24.5. The number of rotatable bonds is 26. The number of aliphatic carboxylic acids is 2. The molecule has 7 rings (SSSR count). The van der Waals surface area contributed by atoms with Crippen LogP contribution in [-0.4, -0.2) is 45.5 Å². The smallest absolute Gasteiger partial charge is 0.309 e. The lowest BCUT2D eigenvalue weighted by Gasteiger charge is -2.39. The number of nitrogens with one attached hydrogen (secondary N) is 1. The number of carboxylic acids is 2. The van der Waals surface area contributed by atoms with E-state index in [1.807, 2.05) is 30.4 Å². The number of benzene rings is 6.